The number of morpholine rings is 1. The van der Waals surface area contributed by atoms with Crippen LogP contribution in [0.3, 0.4) is 0 Å². The number of ether oxygens (including phenoxy) is 2. The number of nitrogens with zero attached hydrogens (tertiary/aromatic N) is 2. The standard InChI is InChI=1S/C23H38N2O4/c26-21(6-5-19-3-1-2-4-19)24-10-8-23(9-11-24)18-20(7-14-29-23)17-22(27)25-12-15-28-16-13-25/h19-20H,1-18H2. The molecule has 0 bridgehead atoms. The van der Waals surface area contributed by atoms with E-state index in [2.05, 4.69) is 4.90 Å². The van der Waals surface area contributed by atoms with Crippen LogP contribution in [0.1, 0.15) is 70.6 Å². The topological polar surface area (TPSA) is 59.1 Å². The first-order valence-corrected chi connectivity index (χ1v) is 11.9. The van der Waals surface area contributed by atoms with Gasteiger partial charge >= 0.3 is 0 Å². The van der Waals surface area contributed by atoms with E-state index in [1.54, 1.807) is 0 Å². The number of likely N-dealkylation sites (tertiary alicyclic amines) is 1. The summed E-state index contributed by atoms with van der Waals surface area (Å²) < 4.78 is 11.6. The van der Waals surface area contributed by atoms with Crippen LogP contribution in [0, 0.1) is 11.8 Å². The summed E-state index contributed by atoms with van der Waals surface area (Å²) in [5.41, 5.74) is -0.115. The summed E-state index contributed by atoms with van der Waals surface area (Å²) in [6.45, 7) is 5.15. The molecule has 1 atom stereocenters. The quantitative estimate of drug-likeness (QED) is 0.704. The van der Waals surface area contributed by atoms with Gasteiger partial charge in [0, 0.05) is 45.6 Å². The highest BCUT2D eigenvalue weighted by Crippen LogP contribution is 2.39. The van der Waals surface area contributed by atoms with Crippen molar-refractivity contribution in [2.24, 2.45) is 11.8 Å². The van der Waals surface area contributed by atoms with Gasteiger partial charge in [-0.1, -0.05) is 25.7 Å². The lowest BCUT2D eigenvalue weighted by Gasteiger charge is -2.46. The summed E-state index contributed by atoms with van der Waals surface area (Å²) in [5, 5.41) is 0. The number of hydrogen-bond acceptors (Lipinski definition) is 4. The molecular weight excluding hydrogens is 368 g/mol. The predicted octanol–water partition coefficient (Wildman–Crippen LogP) is 2.99. The van der Waals surface area contributed by atoms with Crippen LogP contribution in [0.15, 0.2) is 0 Å². The second-order valence-electron chi connectivity index (χ2n) is 9.66. The molecule has 3 saturated heterocycles. The molecule has 2 amide bonds. The molecule has 6 nitrogen and oxygen atoms in total. The molecule has 0 radical (unpaired) electrons. The molecular formula is C23H38N2O4. The van der Waals surface area contributed by atoms with Crippen LogP contribution in [0.4, 0.5) is 0 Å². The van der Waals surface area contributed by atoms with E-state index in [0.717, 1.165) is 77.2 Å². The summed E-state index contributed by atoms with van der Waals surface area (Å²) in [4.78, 5) is 29.3. The van der Waals surface area contributed by atoms with Gasteiger partial charge < -0.3 is 19.3 Å². The zero-order chi connectivity index (χ0) is 20.1. The lowest BCUT2D eigenvalue weighted by atomic mass is 9.78. The molecule has 4 fully saturated rings. The minimum Gasteiger partial charge on any atom is -0.378 e. The lowest BCUT2D eigenvalue weighted by molar-refractivity contribution is -0.151. The molecule has 164 valence electrons. The number of hydrogen-bond donors (Lipinski definition) is 0. The first-order chi connectivity index (χ1) is 14.1. The summed E-state index contributed by atoms with van der Waals surface area (Å²) in [6, 6.07) is 0. The van der Waals surface area contributed by atoms with Gasteiger partial charge in [0.05, 0.1) is 18.8 Å². The maximum absolute atomic E-state index is 12.6. The molecule has 0 N–H and O–H groups in total. The average Bonchev–Trinajstić information content (AvgIpc) is 3.27. The third kappa shape index (κ3) is 5.52. The summed E-state index contributed by atoms with van der Waals surface area (Å²) >= 11 is 0. The maximum atomic E-state index is 12.6. The Morgan fingerprint density at radius 3 is 2.24 bits per heavy atom. The fourth-order valence-corrected chi connectivity index (χ4v) is 5.79. The Morgan fingerprint density at radius 1 is 0.828 bits per heavy atom. The fourth-order valence-electron chi connectivity index (χ4n) is 5.79. The molecule has 1 unspecified atom stereocenters. The first kappa shape index (κ1) is 21.1. The SMILES string of the molecule is O=C(CCC1CCCC1)N1CCC2(CC1)CC(CC(=O)N1CCOCC1)CCO2. The van der Waals surface area contributed by atoms with E-state index in [1.807, 2.05) is 4.90 Å². The lowest BCUT2D eigenvalue weighted by Crippen LogP contribution is -2.51. The van der Waals surface area contributed by atoms with Crippen LogP contribution in [0.25, 0.3) is 0 Å². The van der Waals surface area contributed by atoms with Crippen molar-refractivity contribution in [2.75, 3.05) is 46.0 Å². The number of amides is 2. The molecule has 0 aromatic heterocycles. The van der Waals surface area contributed by atoms with Crippen LogP contribution in [0.2, 0.25) is 0 Å². The minimum atomic E-state index is -0.115. The third-order valence-corrected chi connectivity index (χ3v) is 7.69. The largest absolute Gasteiger partial charge is 0.378 e. The molecule has 0 aromatic carbocycles. The van der Waals surface area contributed by atoms with E-state index in [0.29, 0.717) is 31.5 Å². The molecule has 1 saturated carbocycles. The smallest absolute Gasteiger partial charge is 0.223 e. The van der Waals surface area contributed by atoms with E-state index in [4.69, 9.17) is 9.47 Å². The van der Waals surface area contributed by atoms with Crippen molar-refractivity contribution in [1.82, 2.24) is 9.80 Å². The number of carbonyl (C=O) groups is 2. The van der Waals surface area contributed by atoms with Crippen LogP contribution >= 0.6 is 0 Å². The zero-order valence-corrected chi connectivity index (χ0v) is 17.9. The van der Waals surface area contributed by atoms with Crippen LogP contribution in [-0.4, -0.2) is 73.2 Å². The van der Waals surface area contributed by atoms with Gasteiger partial charge in [-0.15, -0.1) is 0 Å². The van der Waals surface area contributed by atoms with Crippen molar-refractivity contribution in [3.63, 3.8) is 0 Å². The van der Waals surface area contributed by atoms with E-state index in [-0.39, 0.29) is 11.5 Å². The molecule has 4 aliphatic rings. The van der Waals surface area contributed by atoms with Gasteiger partial charge in [0.25, 0.3) is 0 Å². The number of rotatable bonds is 5. The van der Waals surface area contributed by atoms with Gasteiger partial charge in [-0.3, -0.25) is 9.59 Å². The first-order valence-electron chi connectivity index (χ1n) is 11.9. The fraction of sp³-hybridized carbons (Fsp3) is 0.913. The van der Waals surface area contributed by atoms with Crippen molar-refractivity contribution in [3.05, 3.63) is 0 Å². The van der Waals surface area contributed by atoms with Crippen molar-refractivity contribution in [2.45, 2.75) is 76.2 Å². The second kappa shape index (κ2) is 9.78. The van der Waals surface area contributed by atoms with Gasteiger partial charge in [-0.25, -0.2) is 0 Å². The van der Waals surface area contributed by atoms with Crippen molar-refractivity contribution < 1.29 is 19.1 Å². The Balaban J connectivity index is 1.22. The third-order valence-electron chi connectivity index (χ3n) is 7.69. The van der Waals surface area contributed by atoms with Gasteiger partial charge in [-0.2, -0.15) is 0 Å². The molecule has 1 aliphatic carbocycles. The highest BCUT2D eigenvalue weighted by atomic mass is 16.5. The molecule has 1 spiro atoms. The number of carbonyl (C=O) groups excluding carboxylic acids is 2. The summed E-state index contributed by atoms with van der Waals surface area (Å²) in [6.07, 6.45) is 11.5. The normalized spacial score (nSPS) is 28.1. The minimum absolute atomic E-state index is 0.115. The van der Waals surface area contributed by atoms with Crippen molar-refractivity contribution in [3.8, 4) is 0 Å². The van der Waals surface area contributed by atoms with E-state index in [9.17, 15) is 9.59 Å². The van der Waals surface area contributed by atoms with Gasteiger partial charge in [0.15, 0.2) is 0 Å². The van der Waals surface area contributed by atoms with Gasteiger partial charge in [0.1, 0.15) is 0 Å². The van der Waals surface area contributed by atoms with Crippen molar-refractivity contribution in [1.29, 1.82) is 0 Å². The van der Waals surface area contributed by atoms with E-state index < -0.39 is 0 Å². The molecule has 29 heavy (non-hydrogen) atoms. The van der Waals surface area contributed by atoms with Crippen LogP contribution < -0.4 is 0 Å². The van der Waals surface area contributed by atoms with Crippen molar-refractivity contribution >= 4 is 11.8 Å². The molecule has 0 aromatic rings. The van der Waals surface area contributed by atoms with Crippen LogP contribution in [-0.2, 0) is 19.1 Å². The monoisotopic (exact) mass is 406 g/mol. The highest BCUT2D eigenvalue weighted by Gasteiger charge is 2.41. The maximum Gasteiger partial charge on any atom is 0.223 e. The molecule has 4 rings (SSSR count). The molecule has 6 heteroatoms. The van der Waals surface area contributed by atoms with Crippen LogP contribution in [0.5, 0.6) is 0 Å². The van der Waals surface area contributed by atoms with E-state index in [1.165, 1.54) is 25.7 Å². The zero-order valence-electron chi connectivity index (χ0n) is 17.9. The Hall–Kier alpha value is -1.14. The van der Waals surface area contributed by atoms with Gasteiger partial charge in [-0.05, 0) is 43.9 Å². The Bertz CT molecular complexity index is 561. The Labute approximate surface area is 175 Å². The van der Waals surface area contributed by atoms with Gasteiger partial charge in [0.2, 0.25) is 11.8 Å². The van der Waals surface area contributed by atoms with E-state index >= 15 is 0 Å². The number of piperidine rings is 1. The predicted molar refractivity (Wildman–Crippen MR) is 110 cm³/mol. The summed E-state index contributed by atoms with van der Waals surface area (Å²) in [5.74, 6) is 1.79. The molecule has 3 heterocycles. The summed E-state index contributed by atoms with van der Waals surface area (Å²) in [7, 11) is 0. The second-order valence-corrected chi connectivity index (χ2v) is 9.66. The molecule has 3 aliphatic heterocycles. The Morgan fingerprint density at radius 2 is 1.52 bits per heavy atom. The Kier molecular flexibility index (Phi) is 7.12. The highest BCUT2D eigenvalue weighted by molar-refractivity contribution is 5.77. The average molecular weight is 407 g/mol.